The maximum atomic E-state index is 11.7. The summed E-state index contributed by atoms with van der Waals surface area (Å²) in [5, 5.41) is 35.8. The highest BCUT2D eigenvalue weighted by Gasteiger charge is 2.27. The molecule has 0 unspecified atom stereocenters. The highest BCUT2D eigenvalue weighted by molar-refractivity contribution is 5.91. The van der Waals surface area contributed by atoms with Crippen LogP contribution < -0.4 is 10.6 Å². The van der Waals surface area contributed by atoms with Crippen LogP contribution >= 0.6 is 0 Å². The first kappa shape index (κ1) is 16.5. The number of carbonyl (C=O) groups is 2. The van der Waals surface area contributed by atoms with Crippen molar-refractivity contribution in [3.63, 3.8) is 0 Å². The first-order chi connectivity index (χ1) is 9.99. The molecule has 116 valence electrons. The summed E-state index contributed by atoms with van der Waals surface area (Å²) in [6.45, 7) is -1.13. The summed E-state index contributed by atoms with van der Waals surface area (Å²) in [5.74, 6) is -2.65. The fourth-order valence-electron chi connectivity index (χ4n) is 1.32. The number of nitro groups is 1. The van der Waals surface area contributed by atoms with Crippen LogP contribution in [0, 0.1) is 10.1 Å². The third-order valence-electron chi connectivity index (χ3n) is 2.15. The van der Waals surface area contributed by atoms with E-state index in [1.54, 1.807) is 0 Å². The molecule has 1 aromatic heterocycles. The third-order valence-corrected chi connectivity index (χ3v) is 2.15. The lowest BCUT2D eigenvalue weighted by molar-refractivity contribution is -0.394. The van der Waals surface area contributed by atoms with E-state index in [1.165, 1.54) is 0 Å². The average molecular weight is 302 g/mol. The summed E-state index contributed by atoms with van der Waals surface area (Å²) >= 11 is 0. The number of carbonyl (C=O) groups excluding carboxylic acids is 2. The zero-order valence-corrected chi connectivity index (χ0v) is 10.9. The molecule has 0 radical (unpaired) electrons. The first-order valence-corrected chi connectivity index (χ1v) is 5.85. The average Bonchev–Trinajstić information content (AvgIpc) is 2.86. The Morgan fingerprint density at radius 2 is 1.86 bits per heavy atom. The molecule has 0 fully saturated rings. The lowest BCUT2D eigenvalue weighted by atomic mass is 10.5. The largest absolute Gasteiger partial charge is 0.491 e. The van der Waals surface area contributed by atoms with Crippen molar-refractivity contribution in [2.75, 3.05) is 26.3 Å². The fourth-order valence-corrected chi connectivity index (χ4v) is 1.32. The second-order valence-electron chi connectivity index (χ2n) is 3.70. The van der Waals surface area contributed by atoms with Crippen LogP contribution in [0.5, 0.6) is 0 Å². The lowest BCUT2D eigenvalue weighted by Gasteiger charge is -2.03. The number of aliphatic hydroxyl groups excluding tert-OH is 2. The van der Waals surface area contributed by atoms with Crippen LogP contribution in [0.25, 0.3) is 0 Å². The van der Waals surface area contributed by atoms with E-state index in [0.717, 1.165) is 4.68 Å². The van der Waals surface area contributed by atoms with Crippen LogP contribution in [0.15, 0.2) is 0 Å². The zero-order valence-electron chi connectivity index (χ0n) is 10.9. The van der Waals surface area contributed by atoms with E-state index in [0.29, 0.717) is 0 Å². The van der Waals surface area contributed by atoms with Gasteiger partial charge in [-0.3, -0.25) is 9.59 Å². The van der Waals surface area contributed by atoms with Gasteiger partial charge in [-0.2, -0.15) is 4.68 Å². The van der Waals surface area contributed by atoms with Crippen LogP contribution in [0.4, 0.5) is 5.95 Å². The van der Waals surface area contributed by atoms with Crippen LogP contribution in [0.2, 0.25) is 0 Å². The normalized spacial score (nSPS) is 10.2. The van der Waals surface area contributed by atoms with Gasteiger partial charge in [0.05, 0.1) is 13.2 Å². The van der Waals surface area contributed by atoms with Gasteiger partial charge in [-0.15, -0.1) is 0 Å². The molecule has 0 saturated heterocycles. The van der Waals surface area contributed by atoms with E-state index >= 15 is 0 Å². The lowest BCUT2D eigenvalue weighted by Crippen LogP contribution is -2.34. The van der Waals surface area contributed by atoms with E-state index < -0.39 is 35.1 Å². The summed E-state index contributed by atoms with van der Waals surface area (Å²) in [6, 6.07) is 0. The summed E-state index contributed by atoms with van der Waals surface area (Å²) in [5.41, 5.74) is 0. The Morgan fingerprint density at radius 1 is 1.24 bits per heavy atom. The van der Waals surface area contributed by atoms with Gasteiger partial charge < -0.3 is 31.0 Å². The maximum absolute atomic E-state index is 11.7. The summed E-state index contributed by atoms with van der Waals surface area (Å²) in [6.07, 6.45) is 0. The van der Waals surface area contributed by atoms with E-state index in [1.807, 2.05) is 0 Å². The van der Waals surface area contributed by atoms with Crippen molar-refractivity contribution < 1.29 is 24.7 Å². The molecule has 0 spiro atoms. The van der Waals surface area contributed by atoms with Crippen LogP contribution in [0.3, 0.4) is 0 Å². The van der Waals surface area contributed by atoms with Crippen LogP contribution in [-0.4, -0.2) is 68.0 Å². The van der Waals surface area contributed by atoms with Gasteiger partial charge in [0.15, 0.2) is 0 Å². The number of nitrogens with one attached hydrogen (secondary N) is 2. The quantitative estimate of drug-likeness (QED) is 0.291. The molecule has 0 aliphatic heterocycles. The van der Waals surface area contributed by atoms with Gasteiger partial charge in [0, 0.05) is 18.2 Å². The van der Waals surface area contributed by atoms with Crippen molar-refractivity contribution >= 4 is 17.8 Å². The Labute approximate surface area is 117 Å². The second kappa shape index (κ2) is 7.86. The molecule has 4 N–H and O–H groups in total. The number of hydrogen-bond donors (Lipinski definition) is 4. The van der Waals surface area contributed by atoms with Crippen LogP contribution in [0.1, 0.15) is 10.6 Å². The molecule has 1 aromatic rings. The van der Waals surface area contributed by atoms with Gasteiger partial charge in [0.1, 0.15) is 6.54 Å². The van der Waals surface area contributed by atoms with Crippen molar-refractivity contribution in [1.29, 1.82) is 0 Å². The van der Waals surface area contributed by atoms with Gasteiger partial charge in [0.2, 0.25) is 5.91 Å². The Kier molecular flexibility index (Phi) is 6.16. The molecular weight excluding hydrogens is 288 g/mol. The molecule has 0 atom stereocenters. The van der Waals surface area contributed by atoms with Crippen LogP contribution in [-0.2, 0) is 11.3 Å². The SMILES string of the molecule is O=C(Cn1nc([N+](=O)[O-])nc1C(=O)NCCO)NCCO. The van der Waals surface area contributed by atoms with Gasteiger partial charge in [-0.1, -0.05) is 0 Å². The van der Waals surface area contributed by atoms with Crippen molar-refractivity contribution in [1.82, 2.24) is 25.4 Å². The third kappa shape index (κ3) is 4.77. The van der Waals surface area contributed by atoms with Gasteiger partial charge >= 0.3 is 17.7 Å². The van der Waals surface area contributed by atoms with E-state index in [2.05, 4.69) is 20.7 Å². The molecule has 0 aliphatic rings. The molecule has 0 saturated carbocycles. The number of rotatable bonds is 8. The first-order valence-electron chi connectivity index (χ1n) is 5.85. The molecule has 1 heterocycles. The molecule has 2 amide bonds. The minimum Gasteiger partial charge on any atom is -0.395 e. The van der Waals surface area contributed by atoms with Gasteiger partial charge in [-0.25, -0.2) is 0 Å². The van der Waals surface area contributed by atoms with Crippen molar-refractivity contribution in [2.24, 2.45) is 0 Å². The van der Waals surface area contributed by atoms with Crippen molar-refractivity contribution in [2.45, 2.75) is 6.54 Å². The summed E-state index contributed by atoms with van der Waals surface area (Å²) < 4.78 is 0.775. The predicted octanol–water partition coefficient (Wildman–Crippen LogP) is -2.98. The van der Waals surface area contributed by atoms with E-state index in [4.69, 9.17) is 10.2 Å². The molecule has 12 nitrogen and oxygen atoms in total. The topological polar surface area (TPSA) is 173 Å². The fraction of sp³-hybridized carbons (Fsp3) is 0.556. The zero-order chi connectivity index (χ0) is 15.8. The van der Waals surface area contributed by atoms with Crippen molar-refractivity contribution in [3.8, 4) is 0 Å². The highest BCUT2D eigenvalue weighted by atomic mass is 16.6. The van der Waals surface area contributed by atoms with Gasteiger partial charge in [-0.05, 0) is 9.91 Å². The number of aromatic nitrogens is 3. The standard InChI is InChI=1S/C9H14N6O6/c16-3-1-10-6(18)5-14-7(8(19)11-2-4-17)12-9(13-14)15(20)21/h16-17H,1-5H2,(H,10,18)(H,11,19). The molecule has 1 rings (SSSR count). The van der Waals surface area contributed by atoms with Gasteiger partial charge in [0.25, 0.3) is 0 Å². The Balaban J connectivity index is 2.91. The summed E-state index contributed by atoms with van der Waals surface area (Å²) in [4.78, 5) is 36.4. The van der Waals surface area contributed by atoms with Crippen molar-refractivity contribution in [3.05, 3.63) is 15.9 Å². The Hall–Kier alpha value is -2.60. The Morgan fingerprint density at radius 3 is 2.43 bits per heavy atom. The maximum Gasteiger partial charge on any atom is 0.491 e. The molecule has 0 bridgehead atoms. The summed E-state index contributed by atoms with van der Waals surface area (Å²) in [7, 11) is 0. The highest BCUT2D eigenvalue weighted by Crippen LogP contribution is 2.06. The molecular formula is C9H14N6O6. The molecule has 21 heavy (non-hydrogen) atoms. The number of nitrogens with zero attached hydrogens (tertiary/aromatic N) is 4. The molecule has 0 aromatic carbocycles. The predicted molar refractivity (Wildman–Crippen MR) is 66.2 cm³/mol. The van der Waals surface area contributed by atoms with E-state index in [-0.39, 0.29) is 26.3 Å². The number of aliphatic hydroxyl groups is 2. The minimum absolute atomic E-state index is 0.00165. The molecule has 12 heteroatoms. The minimum atomic E-state index is -0.898. The Bertz CT molecular complexity index is 529. The second-order valence-corrected chi connectivity index (χ2v) is 3.70. The van der Waals surface area contributed by atoms with E-state index in [9.17, 15) is 19.7 Å². The number of amides is 2. The smallest absolute Gasteiger partial charge is 0.395 e. The molecule has 0 aliphatic carbocycles. The number of hydrogen-bond acceptors (Lipinski definition) is 8. The monoisotopic (exact) mass is 302 g/mol.